The molecule has 2 heterocycles. The van der Waals surface area contributed by atoms with Crippen LogP contribution < -0.4 is 0 Å². The molecule has 2 aliphatic rings. The summed E-state index contributed by atoms with van der Waals surface area (Å²) in [5.41, 5.74) is 1.05. The smallest absolute Gasteiger partial charge is 0.192 e. The first kappa shape index (κ1) is 19.0. The van der Waals surface area contributed by atoms with Crippen molar-refractivity contribution in [3.05, 3.63) is 35.9 Å². The fraction of sp³-hybridized carbons (Fsp3) is 0.684. The van der Waals surface area contributed by atoms with Gasteiger partial charge in [0.25, 0.3) is 0 Å². The van der Waals surface area contributed by atoms with Gasteiger partial charge in [0.15, 0.2) is 14.6 Å². The molecule has 0 radical (unpaired) electrons. The van der Waals surface area contributed by atoms with Crippen molar-refractivity contribution in [2.45, 2.75) is 76.2 Å². The summed E-state index contributed by atoms with van der Waals surface area (Å²) in [4.78, 5) is 0. The summed E-state index contributed by atoms with van der Waals surface area (Å²) in [6.07, 6.45) is -1.92. The number of aliphatic hydroxyl groups is 1. The predicted molar refractivity (Wildman–Crippen MR) is 97.7 cm³/mol. The number of epoxide rings is 1. The summed E-state index contributed by atoms with van der Waals surface area (Å²) in [6.45, 7) is 12.0. The number of aliphatic hydroxyl groups excluding tert-OH is 1. The molecule has 2 saturated heterocycles. The van der Waals surface area contributed by atoms with Gasteiger partial charge in [0.2, 0.25) is 0 Å². The van der Waals surface area contributed by atoms with Crippen LogP contribution in [0.1, 0.15) is 26.3 Å². The molecule has 0 spiro atoms. The Bertz CT molecular complexity index is 571. The first-order valence-corrected chi connectivity index (χ1v) is 11.9. The van der Waals surface area contributed by atoms with Gasteiger partial charge in [0.1, 0.15) is 24.4 Å². The van der Waals surface area contributed by atoms with E-state index in [4.69, 9.17) is 18.6 Å². The number of benzene rings is 1. The van der Waals surface area contributed by atoms with Crippen LogP contribution in [0.25, 0.3) is 0 Å². The van der Waals surface area contributed by atoms with Gasteiger partial charge in [-0.15, -0.1) is 0 Å². The molecule has 0 bridgehead atoms. The summed E-state index contributed by atoms with van der Waals surface area (Å²) in [5.74, 6) is 0. The van der Waals surface area contributed by atoms with E-state index in [9.17, 15) is 5.11 Å². The number of hydrogen-bond acceptors (Lipinski definition) is 5. The summed E-state index contributed by atoms with van der Waals surface area (Å²) in [6, 6.07) is 9.87. The minimum absolute atomic E-state index is 0.0867. The van der Waals surface area contributed by atoms with Crippen molar-refractivity contribution in [2.24, 2.45) is 0 Å². The van der Waals surface area contributed by atoms with E-state index in [-0.39, 0.29) is 23.4 Å². The lowest BCUT2D eigenvalue weighted by atomic mass is 10.1. The van der Waals surface area contributed by atoms with Crippen molar-refractivity contribution < 1.29 is 23.7 Å². The minimum Gasteiger partial charge on any atom is -0.414 e. The lowest BCUT2D eigenvalue weighted by Crippen LogP contribution is -2.50. The Hall–Kier alpha value is -0.763. The van der Waals surface area contributed by atoms with Gasteiger partial charge in [-0.25, -0.2) is 0 Å². The Morgan fingerprint density at radius 3 is 2.40 bits per heavy atom. The maximum absolute atomic E-state index is 10.3. The molecule has 1 aromatic carbocycles. The first-order chi connectivity index (χ1) is 11.7. The molecule has 2 fully saturated rings. The van der Waals surface area contributed by atoms with E-state index < -0.39 is 20.7 Å². The van der Waals surface area contributed by atoms with Crippen LogP contribution in [0.15, 0.2) is 30.3 Å². The average molecular weight is 367 g/mol. The van der Waals surface area contributed by atoms with Crippen LogP contribution in [-0.2, 0) is 25.2 Å². The highest BCUT2D eigenvalue weighted by atomic mass is 28.4. The van der Waals surface area contributed by atoms with Crippen molar-refractivity contribution >= 4 is 8.32 Å². The summed E-state index contributed by atoms with van der Waals surface area (Å²) in [5, 5.41) is 10.5. The topological polar surface area (TPSA) is 60.5 Å². The summed E-state index contributed by atoms with van der Waals surface area (Å²) in [7, 11) is -1.85. The third kappa shape index (κ3) is 4.32. The molecule has 1 aromatic rings. The van der Waals surface area contributed by atoms with Gasteiger partial charge in [0.05, 0.1) is 13.2 Å². The normalized spacial score (nSPS) is 32.3. The molecule has 3 rings (SSSR count). The van der Waals surface area contributed by atoms with Gasteiger partial charge >= 0.3 is 0 Å². The molecule has 25 heavy (non-hydrogen) atoms. The molecule has 0 amide bonds. The van der Waals surface area contributed by atoms with Crippen LogP contribution in [0.5, 0.6) is 0 Å². The third-order valence-corrected chi connectivity index (χ3v) is 10.0. The molecule has 5 atom stereocenters. The number of ether oxygens (including phenoxy) is 3. The number of fused-ring (bicyclic) bond motifs is 1. The molecule has 6 heteroatoms. The Balaban J connectivity index is 1.56. The molecule has 5 nitrogen and oxygen atoms in total. The van der Waals surface area contributed by atoms with Crippen LogP contribution >= 0.6 is 0 Å². The van der Waals surface area contributed by atoms with Gasteiger partial charge in [-0.3, -0.25) is 0 Å². The highest BCUT2D eigenvalue weighted by Gasteiger charge is 2.58. The highest BCUT2D eigenvalue weighted by Crippen LogP contribution is 2.40. The first-order valence-electron chi connectivity index (χ1n) is 8.97. The molecular formula is C19H30O5Si. The maximum atomic E-state index is 10.3. The van der Waals surface area contributed by atoms with Crippen LogP contribution in [0.4, 0.5) is 0 Å². The standard InChI is InChI=1S/C19H30O5Si/c1-19(2,3)25(4,5)22-12-14-16-17(24-16)15(20)18(23-14)21-11-13-9-7-6-8-10-13/h6-10,14-18,20H,11-12H2,1-5H3/t14-,15+,16+,17-,18+/m0/s1. The van der Waals surface area contributed by atoms with E-state index in [1.54, 1.807) is 0 Å². The van der Waals surface area contributed by atoms with E-state index in [1.165, 1.54) is 0 Å². The van der Waals surface area contributed by atoms with Gasteiger partial charge < -0.3 is 23.7 Å². The highest BCUT2D eigenvalue weighted by molar-refractivity contribution is 6.74. The van der Waals surface area contributed by atoms with Crippen LogP contribution in [0.2, 0.25) is 18.1 Å². The van der Waals surface area contributed by atoms with E-state index in [2.05, 4.69) is 33.9 Å². The van der Waals surface area contributed by atoms with Crippen molar-refractivity contribution in [2.75, 3.05) is 6.61 Å². The van der Waals surface area contributed by atoms with Gasteiger partial charge in [0, 0.05) is 0 Å². The van der Waals surface area contributed by atoms with Gasteiger partial charge in [-0.2, -0.15) is 0 Å². The Morgan fingerprint density at radius 1 is 1.08 bits per heavy atom. The summed E-state index contributed by atoms with van der Waals surface area (Å²) >= 11 is 0. The van der Waals surface area contributed by atoms with E-state index >= 15 is 0 Å². The second kappa shape index (κ2) is 7.10. The van der Waals surface area contributed by atoms with Crippen LogP contribution in [0, 0.1) is 0 Å². The quantitative estimate of drug-likeness (QED) is 0.619. The Kier molecular flexibility index (Phi) is 5.40. The third-order valence-electron chi connectivity index (χ3n) is 5.52. The molecular weight excluding hydrogens is 336 g/mol. The molecule has 0 saturated carbocycles. The maximum Gasteiger partial charge on any atom is 0.192 e. The Morgan fingerprint density at radius 2 is 1.76 bits per heavy atom. The average Bonchev–Trinajstić information content (AvgIpc) is 3.34. The molecule has 2 aliphatic heterocycles. The van der Waals surface area contributed by atoms with Crippen molar-refractivity contribution in [1.29, 1.82) is 0 Å². The Labute approximate surface area is 151 Å². The fourth-order valence-corrected chi connectivity index (χ4v) is 3.74. The predicted octanol–water partition coefficient (Wildman–Crippen LogP) is 3.08. The zero-order chi connectivity index (χ0) is 18.2. The molecule has 140 valence electrons. The lowest BCUT2D eigenvalue weighted by molar-refractivity contribution is -0.238. The molecule has 0 aliphatic carbocycles. The van der Waals surface area contributed by atoms with Crippen LogP contribution in [-0.4, -0.2) is 50.7 Å². The van der Waals surface area contributed by atoms with E-state index in [0.29, 0.717) is 13.2 Å². The monoisotopic (exact) mass is 366 g/mol. The van der Waals surface area contributed by atoms with Crippen molar-refractivity contribution in [1.82, 2.24) is 0 Å². The zero-order valence-electron chi connectivity index (χ0n) is 15.8. The number of hydrogen-bond donors (Lipinski definition) is 1. The van der Waals surface area contributed by atoms with E-state index in [0.717, 1.165) is 5.56 Å². The molecule has 1 N–H and O–H groups in total. The fourth-order valence-electron chi connectivity index (χ4n) is 2.73. The second-order valence-corrected chi connectivity index (χ2v) is 13.3. The van der Waals surface area contributed by atoms with Gasteiger partial charge in [-0.05, 0) is 23.7 Å². The van der Waals surface area contributed by atoms with Crippen molar-refractivity contribution in [3.8, 4) is 0 Å². The molecule has 0 aromatic heterocycles. The largest absolute Gasteiger partial charge is 0.414 e. The second-order valence-electron chi connectivity index (χ2n) is 8.47. The van der Waals surface area contributed by atoms with Crippen molar-refractivity contribution in [3.63, 3.8) is 0 Å². The zero-order valence-corrected chi connectivity index (χ0v) is 16.8. The van der Waals surface area contributed by atoms with E-state index in [1.807, 2.05) is 30.3 Å². The lowest BCUT2D eigenvalue weighted by Gasteiger charge is -2.38. The SMILES string of the molecule is CC(C)(C)[Si](C)(C)OC[C@@H]1O[C@@H](OCc2ccccc2)[C@H](O)[C@@H]2O[C@@H]21. The molecule has 0 unspecified atom stereocenters. The number of rotatable bonds is 6. The summed E-state index contributed by atoms with van der Waals surface area (Å²) < 4.78 is 23.7. The minimum atomic E-state index is -1.85. The van der Waals surface area contributed by atoms with Gasteiger partial charge in [-0.1, -0.05) is 51.1 Å². The van der Waals surface area contributed by atoms with Crippen LogP contribution in [0.3, 0.4) is 0 Å².